The van der Waals surface area contributed by atoms with Gasteiger partial charge in [0, 0.05) is 51.7 Å². The Morgan fingerprint density at radius 2 is 1.60 bits per heavy atom. The standard InChI is InChI=1S/C17H25N5O3/c1-2-25-17(24)22-10-8-21(9-11-22)16-18-12-14(13-19-16)15(23)20-6-4-3-5-7-20/h12-13H,2-11H2,1H3. The van der Waals surface area contributed by atoms with Crippen molar-refractivity contribution in [3.63, 3.8) is 0 Å². The van der Waals surface area contributed by atoms with Gasteiger partial charge in [-0.2, -0.15) is 0 Å². The van der Waals surface area contributed by atoms with E-state index in [0.717, 1.165) is 25.9 Å². The Labute approximate surface area is 147 Å². The molecule has 0 aromatic carbocycles. The largest absolute Gasteiger partial charge is 0.450 e. The van der Waals surface area contributed by atoms with Crippen LogP contribution in [0.5, 0.6) is 0 Å². The molecule has 0 aliphatic carbocycles. The number of carbonyl (C=O) groups is 2. The zero-order valence-corrected chi connectivity index (χ0v) is 14.7. The molecule has 0 unspecified atom stereocenters. The molecule has 8 heteroatoms. The first-order valence-electron chi connectivity index (χ1n) is 8.97. The van der Waals surface area contributed by atoms with Gasteiger partial charge in [0.05, 0.1) is 12.2 Å². The topological polar surface area (TPSA) is 78.9 Å². The number of likely N-dealkylation sites (tertiary alicyclic amines) is 1. The van der Waals surface area contributed by atoms with Gasteiger partial charge in [-0.1, -0.05) is 0 Å². The van der Waals surface area contributed by atoms with Crippen LogP contribution in [0.4, 0.5) is 10.7 Å². The van der Waals surface area contributed by atoms with Gasteiger partial charge in [-0.25, -0.2) is 14.8 Å². The molecule has 0 bridgehead atoms. The van der Waals surface area contributed by atoms with Gasteiger partial charge in [0.15, 0.2) is 0 Å². The van der Waals surface area contributed by atoms with Crippen LogP contribution in [0, 0.1) is 0 Å². The SMILES string of the molecule is CCOC(=O)N1CCN(c2ncc(C(=O)N3CCCCC3)cn2)CC1. The second kappa shape index (κ2) is 8.13. The number of nitrogens with zero attached hydrogens (tertiary/aromatic N) is 5. The number of carbonyl (C=O) groups excluding carboxylic acids is 2. The Hall–Kier alpha value is -2.38. The monoisotopic (exact) mass is 347 g/mol. The van der Waals surface area contributed by atoms with Crippen molar-refractivity contribution in [2.45, 2.75) is 26.2 Å². The first kappa shape index (κ1) is 17.4. The zero-order chi connectivity index (χ0) is 17.6. The van der Waals surface area contributed by atoms with E-state index in [4.69, 9.17) is 4.74 Å². The highest BCUT2D eigenvalue weighted by atomic mass is 16.6. The number of aromatic nitrogens is 2. The fraction of sp³-hybridized carbons (Fsp3) is 0.647. The van der Waals surface area contributed by atoms with Crippen LogP contribution >= 0.6 is 0 Å². The molecule has 2 fully saturated rings. The van der Waals surface area contributed by atoms with Crippen LogP contribution in [0.3, 0.4) is 0 Å². The van der Waals surface area contributed by atoms with E-state index in [0.29, 0.717) is 44.3 Å². The number of amides is 2. The summed E-state index contributed by atoms with van der Waals surface area (Å²) in [5, 5.41) is 0. The quantitative estimate of drug-likeness (QED) is 0.822. The Balaban J connectivity index is 1.56. The molecular weight excluding hydrogens is 322 g/mol. The molecule has 2 aliphatic rings. The predicted molar refractivity (Wildman–Crippen MR) is 92.6 cm³/mol. The Morgan fingerprint density at radius 3 is 2.20 bits per heavy atom. The van der Waals surface area contributed by atoms with E-state index in [2.05, 4.69) is 9.97 Å². The molecular formula is C17H25N5O3. The summed E-state index contributed by atoms with van der Waals surface area (Å²) in [5.41, 5.74) is 0.538. The van der Waals surface area contributed by atoms with Crippen molar-refractivity contribution in [2.24, 2.45) is 0 Å². The summed E-state index contributed by atoms with van der Waals surface area (Å²) in [7, 11) is 0. The van der Waals surface area contributed by atoms with Gasteiger partial charge in [-0.15, -0.1) is 0 Å². The number of hydrogen-bond acceptors (Lipinski definition) is 6. The van der Waals surface area contributed by atoms with E-state index >= 15 is 0 Å². The van der Waals surface area contributed by atoms with Gasteiger partial charge in [-0.3, -0.25) is 4.79 Å². The second-order valence-corrected chi connectivity index (χ2v) is 6.30. The highest BCUT2D eigenvalue weighted by Gasteiger charge is 2.24. The minimum atomic E-state index is -0.273. The van der Waals surface area contributed by atoms with Crippen molar-refractivity contribution < 1.29 is 14.3 Å². The molecule has 3 rings (SSSR count). The van der Waals surface area contributed by atoms with Crippen LogP contribution in [-0.2, 0) is 4.74 Å². The van der Waals surface area contributed by atoms with Gasteiger partial charge in [0.1, 0.15) is 0 Å². The first-order valence-corrected chi connectivity index (χ1v) is 8.97. The fourth-order valence-electron chi connectivity index (χ4n) is 3.18. The average molecular weight is 347 g/mol. The summed E-state index contributed by atoms with van der Waals surface area (Å²) < 4.78 is 5.02. The maximum atomic E-state index is 12.4. The third-order valence-electron chi connectivity index (χ3n) is 4.62. The molecule has 2 aliphatic heterocycles. The van der Waals surface area contributed by atoms with Crippen molar-refractivity contribution in [2.75, 3.05) is 50.8 Å². The van der Waals surface area contributed by atoms with E-state index in [1.807, 2.05) is 9.80 Å². The molecule has 0 radical (unpaired) electrons. The summed E-state index contributed by atoms with van der Waals surface area (Å²) in [5.74, 6) is 0.608. The molecule has 0 spiro atoms. The summed E-state index contributed by atoms with van der Waals surface area (Å²) in [6.45, 7) is 6.28. The van der Waals surface area contributed by atoms with Crippen LogP contribution in [0.15, 0.2) is 12.4 Å². The third kappa shape index (κ3) is 4.18. The minimum absolute atomic E-state index is 0.0124. The Kier molecular flexibility index (Phi) is 5.67. The van der Waals surface area contributed by atoms with Crippen molar-refractivity contribution in [1.82, 2.24) is 19.8 Å². The van der Waals surface area contributed by atoms with E-state index in [-0.39, 0.29) is 12.0 Å². The Morgan fingerprint density at radius 1 is 0.960 bits per heavy atom. The fourth-order valence-corrected chi connectivity index (χ4v) is 3.18. The molecule has 136 valence electrons. The smallest absolute Gasteiger partial charge is 0.409 e. The number of piperidine rings is 1. The van der Waals surface area contributed by atoms with Gasteiger partial charge in [0.2, 0.25) is 5.95 Å². The molecule has 25 heavy (non-hydrogen) atoms. The molecule has 3 heterocycles. The molecule has 8 nitrogen and oxygen atoms in total. The van der Waals surface area contributed by atoms with Crippen LogP contribution < -0.4 is 4.90 Å². The van der Waals surface area contributed by atoms with Crippen LogP contribution in [0.1, 0.15) is 36.5 Å². The zero-order valence-electron chi connectivity index (χ0n) is 14.7. The van der Waals surface area contributed by atoms with E-state index < -0.39 is 0 Å². The molecule has 0 N–H and O–H groups in total. The lowest BCUT2D eigenvalue weighted by atomic mass is 10.1. The summed E-state index contributed by atoms with van der Waals surface area (Å²) in [6, 6.07) is 0. The van der Waals surface area contributed by atoms with Crippen LogP contribution in [0.25, 0.3) is 0 Å². The summed E-state index contributed by atoms with van der Waals surface area (Å²) in [4.78, 5) is 38.5. The van der Waals surface area contributed by atoms with Gasteiger partial charge < -0.3 is 19.4 Å². The second-order valence-electron chi connectivity index (χ2n) is 6.30. The molecule has 2 amide bonds. The lowest BCUT2D eigenvalue weighted by Gasteiger charge is -2.34. The maximum Gasteiger partial charge on any atom is 0.409 e. The van der Waals surface area contributed by atoms with E-state index in [1.165, 1.54) is 6.42 Å². The number of ether oxygens (including phenoxy) is 1. The highest BCUT2D eigenvalue weighted by Crippen LogP contribution is 2.15. The molecule has 2 saturated heterocycles. The van der Waals surface area contributed by atoms with Gasteiger partial charge in [-0.05, 0) is 26.2 Å². The van der Waals surface area contributed by atoms with Crippen LogP contribution in [-0.4, -0.2) is 77.6 Å². The maximum absolute atomic E-state index is 12.4. The normalized spacial score (nSPS) is 18.2. The van der Waals surface area contributed by atoms with E-state index in [9.17, 15) is 9.59 Å². The summed E-state index contributed by atoms with van der Waals surface area (Å²) >= 11 is 0. The molecule has 1 aromatic heterocycles. The van der Waals surface area contributed by atoms with Gasteiger partial charge >= 0.3 is 6.09 Å². The van der Waals surface area contributed by atoms with Gasteiger partial charge in [0.25, 0.3) is 5.91 Å². The van der Waals surface area contributed by atoms with Crippen molar-refractivity contribution in [1.29, 1.82) is 0 Å². The minimum Gasteiger partial charge on any atom is -0.450 e. The molecule has 0 atom stereocenters. The third-order valence-corrected chi connectivity index (χ3v) is 4.62. The van der Waals surface area contributed by atoms with Crippen LogP contribution in [0.2, 0.25) is 0 Å². The lowest BCUT2D eigenvalue weighted by Crippen LogP contribution is -2.49. The highest BCUT2D eigenvalue weighted by molar-refractivity contribution is 5.93. The summed E-state index contributed by atoms with van der Waals surface area (Å²) in [6.07, 6.45) is 6.26. The van der Waals surface area contributed by atoms with Crippen molar-refractivity contribution >= 4 is 17.9 Å². The number of anilines is 1. The predicted octanol–water partition coefficient (Wildman–Crippen LogP) is 1.38. The van der Waals surface area contributed by atoms with E-state index in [1.54, 1.807) is 24.2 Å². The average Bonchev–Trinajstić information content (AvgIpc) is 2.68. The molecule has 1 aromatic rings. The number of rotatable bonds is 3. The lowest BCUT2D eigenvalue weighted by molar-refractivity contribution is 0.0723. The first-order chi connectivity index (χ1) is 12.2. The van der Waals surface area contributed by atoms with Crippen molar-refractivity contribution in [3.8, 4) is 0 Å². The Bertz CT molecular complexity index is 593. The molecule has 0 saturated carbocycles. The number of piperazine rings is 1. The number of hydrogen-bond donors (Lipinski definition) is 0. The van der Waals surface area contributed by atoms with Crippen molar-refractivity contribution in [3.05, 3.63) is 18.0 Å².